The van der Waals surface area contributed by atoms with Gasteiger partial charge in [-0.25, -0.2) is 0 Å². The average molecular weight is 173 g/mol. The van der Waals surface area contributed by atoms with Gasteiger partial charge < -0.3 is 14.8 Å². The molecule has 0 saturated carbocycles. The van der Waals surface area contributed by atoms with Gasteiger partial charge in [0, 0.05) is 20.3 Å². The molecule has 1 amide bonds. The van der Waals surface area contributed by atoms with Crippen molar-refractivity contribution in [1.29, 1.82) is 0 Å². The maximum Gasteiger partial charge on any atom is 0.246 e. The lowest BCUT2D eigenvalue weighted by Crippen LogP contribution is -2.33. The third-order valence-electron chi connectivity index (χ3n) is 1.83. The number of methoxy groups -OCH3 is 1. The van der Waals surface area contributed by atoms with Crippen LogP contribution in [0.1, 0.15) is 12.8 Å². The summed E-state index contributed by atoms with van der Waals surface area (Å²) < 4.78 is 9.99. The van der Waals surface area contributed by atoms with Gasteiger partial charge in [0.05, 0.1) is 6.10 Å². The molecule has 0 unspecified atom stereocenters. The van der Waals surface area contributed by atoms with E-state index in [-0.39, 0.29) is 18.6 Å². The number of carbonyl (C=O) groups is 1. The Balaban J connectivity index is 2.03. The largest absolute Gasteiger partial charge is 0.376 e. The van der Waals surface area contributed by atoms with E-state index >= 15 is 0 Å². The Hall–Kier alpha value is -0.610. The van der Waals surface area contributed by atoms with Gasteiger partial charge in [-0.1, -0.05) is 0 Å². The Bertz CT molecular complexity index is 143. The van der Waals surface area contributed by atoms with Crippen LogP contribution in [0.4, 0.5) is 0 Å². The Morgan fingerprint density at radius 1 is 1.75 bits per heavy atom. The summed E-state index contributed by atoms with van der Waals surface area (Å²) in [7, 11) is 1.51. The molecule has 0 aromatic heterocycles. The molecule has 0 radical (unpaired) electrons. The molecule has 1 rings (SSSR count). The predicted octanol–water partition coefficient (Wildman–Crippen LogP) is -0.0720. The SMILES string of the molecule is COCC(=O)NC[C@@H]1CCCO1. The molecule has 70 valence electrons. The van der Waals surface area contributed by atoms with Crippen molar-refractivity contribution in [2.24, 2.45) is 0 Å². The smallest absolute Gasteiger partial charge is 0.246 e. The molecule has 0 bridgehead atoms. The molecule has 4 nitrogen and oxygen atoms in total. The fourth-order valence-electron chi connectivity index (χ4n) is 1.22. The predicted molar refractivity (Wildman–Crippen MR) is 43.9 cm³/mol. The molecule has 1 N–H and O–H groups in total. The van der Waals surface area contributed by atoms with Gasteiger partial charge >= 0.3 is 0 Å². The fraction of sp³-hybridized carbons (Fsp3) is 0.875. The Morgan fingerprint density at radius 3 is 3.17 bits per heavy atom. The lowest BCUT2D eigenvalue weighted by atomic mass is 10.2. The first-order valence-corrected chi connectivity index (χ1v) is 4.20. The van der Waals surface area contributed by atoms with Crippen molar-refractivity contribution < 1.29 is 14.3 Å². The summed E-state index contributed by atoms with van der Waals surface area (Å²) in [5.41, 5.74) is 0. The normalized spacial score (nSPS) is 22.6. The first-order chi connectivity index (χ1) is 5.83. The maximum absolute atomic E-state index is 10.9. The minimum Gasteiger partial charge on any atom is -0.376 e. The standard InChI is InChI=1S/C8H15NO3/c1-11-6-8(10)9-5-7-3-2-4-12-7/h7H,2-6H2,1H3,(H,9,10)/t7-/m0/s1. The number of ether oxygens (including phenoxy) is 2. The zero-order valence-corrected chi connectivity index (χ0v) is 7.34. The fourth-order valence-corrected chi connectivity index (χ4v) is 1.22. The van der Waals surface area contributed by atoms with Crippen LogP contribution < -0.4 is 5.32 Å². The number of hydrogen-bond acceptors (Lipinski definition) is 3. The van der Waals surface area contributed by atoms with Crippen molar-refractivity contribution >= 4 is 5.91 Å². The van der Waals surface area contributed by atoms with Crippen molar-refractivity contribution in [2.45, 2.75) is 18.9 Å². The second kappa shape index (κ2) is 5.11. The Labute approximate surface area is 72.2 Å². The number of nitrogens with one attached hydrogen (secondary N) is 1. The summed E-state index contributed by atoms with van der Waals surface area (Å²) in [4.78, 5) is 10.9. The topological polar surface area (TPSA) is 47.6 Å². The van der Waals surface area contributed by atoms with Crippen LogP contribution in [0.2, 0.25) is 0 Å². The number of carbonyl (C=O) groups excluding carboxylic acids is 1. The second-order valence-corrected chi connectivity index (χ2v) is 2.87. The summed E-state index contributed by atoms with van der Waals surface area (Å²) >= 11 is 0. The van der Waals surface area contributed by atoms with E-state index in [1.165, 1.54) is 7.11 Å². The molecular weight excluding hydrogens is 158 g/mol. The van der Waals surface area contributed by atoms with E-state index in [1.807, 2.05) is 0 Å². The monoisotopic (exact) mass is 173 g/mol. The van der Waals surface area contributed by atoms with Crippen LogP contribution in [0.3, 0.4) is 0 Å². The van der Waals surface area contributed by atoms with Gasteiger partial charge in [0.25, 0.3) is 0 Å². The molecule has 4 heteroatoms. The van der Waals surface area contributed by atoms with Crippen LogP contribution in [0, 0.1) is 0 Å². The van der Waals surface area contributed by atoms with E-state index < -0.39 is 0 Å². The van der Waals surface area contributed by atoms with E-state index in [4.69, 9.17) is 4.74 Å². The molecule has 1 fully saturated rings. The van der Waals surface area contributed by atoms with Gasteiger partial charge in [0.15, 0.2) is 0 Å². The molecule has 0 spiro atoms. The van der Waals surface area contributed by atoms with Gasteiger partial charge in [-0.2, -0.15) is 0 Å². The van der Waals surface area contributed by atoms with Crippen LogP contribution in [0.25, 0.3) is 0 Å². The van der Waals surface area contributed by atoms with Gasteiger partial charge in [0.2, 0.25) is 5.91 Å². The van der Waals surface area contributed by atoms with Crippen LogP contribution in [0.15, 0.2) is 0 Å². The van der Waals surface area contributed by atoms with Crippen molar-refractivity contribution in [3.8, 4) is 0 Å². The van der Waals surface area contributed by atoms with Crippen molar-refractivity contribution in [1.82, 2.24) is 5.32 Å². The average Bonchev–Trinajstić information content (AvgIpc) is 2.53. The molecule has 1 aliphatic heterocycles. The van der Waals surface area contributed by atoms with Gasteiger partial charge in [-0.15, -0.1) is 0 Å². The van der Waals surface area contributed by atoms with E-state index in [9.17, 15) is 4.79 Å². The molecule has 1 heterocycles. The lowest BCUT2D eigenvalue weighted by Gasteiger charge is -2.09. The summed E-state index contributed by atoms with van der Waals surface area (Å²) in [6.07, 6.45) is 2.36. The van der Waals surface area contributed by atoms with Crippen molar-refractivity contribution in [2.75, 3.05) is 26.9 Å². The van der Waals surface area contributed by atoms with Gasteiger partial charge in [0.1, 0.15) is 6.61 Å². The molecule has 0 aromatic rings. The molecule has 12 heavy (non-hydrogen) atoms. The van der Waals surface area contributed by atoms with Crippen molar-refractivity contribution in [3.63, 3.8) is 0 Å². The van der Waals surface area contributed by atoms with Crippen LogP contribution in [-0.4, -0.2) is 38.9 Å². The van der Waals surface area contributed by atoms with E-state index in [1.54, 1.807) is 0 Å². The van der Waals surface area contributed by atoms with Crippen molar-refractivity contribution in [3.05, 3.63) is 0 Å². The summed E-state index contributed by atoms with van der Waals surface area (Å²) in [5.74, 6) is -0.0759. The van der Waals surface area contributed by atoms with Crippen LogP contribution in [-0.2, 0) is 14.3 Å². The minimum absolute atomic E-state index is 0.0759. The Kier molecular flexibility index (Phi) is 4.04. The van der Waals surface area contributed by atoms with Gasteiger partial charge in [-0.3, -0.25) is 4.79 Å². The highest BCUT2D eigenvalue weighted by Crippen LogP contribution is 2.10. The molecule has 1 aliphatic rings. The highest BCUT2D eigenvalue weighted by atomic mass is 16.5. The lowest BCUT2D eigenvalue weighted by molar-refractivity contribution is -0.125. The van der Waals surface area contributed by atoms with E-state index in [0.29, 0.717) is 6.54 Å². The van der Waals surface area contributed by atoms with E-state index in [0.717, 1.165) is 19.4 Å². The first-order valence-electron chi connectivity index (χ1n) is 4.20. The quantitative estimate of drug-likeness (QED) is 0.647. The molecule has 0 aliphatic carbocycles. The zero-order chi connectivity index (χ0) is 8.81. The summed E-state index contributed by atoms with van der Waals surface area (Å²) in [6.45, 7) is 1.57. The number of amides is 1. The zero-order valence-electron chi connectivity index (χ0n) is 7.34. The second-order valence-electron chi connectivity index (χ2n) is 2.87. The molecule has 0 aromatic carbocycles. The third-order valence-corrected chi connectivity index (χ3v) is 1.83. The summed E-state index contributed by atoms with van der Waals surface area (Å²) in [5, 5.41) is 2.74. The Morgan fingerprint density at radius 2 is 2.58 bits per heavy atom. The third kappa shape index (κ3) is 3.19. The maximum atomic E-state index is 10.9. The van der Waals surface area contributed by atoms with E-state index in [2.05, 4.69) is 10.1 Å². The summed E-state index contributed by atoms with van der Waals surface area (Å²) in [6, 6.07) is 0. The first kappa shape index (κ1) is 9.48. The molecular formula is C8H15NO3. The number of hydrogen-bond donors (Lipinski definition) is 1. The van der Waals surface area contributed by atoms with Crippen LogP contribution in [0.5, 0.6) is 0 Å². The highest BCUT2D eigenvalue weighted by molar-refractivity contribution is 5.77. The van der Waals surface area contributed by atoms with Gasteiger partial charge in [-0.05, 0) is 12.8 Å². The highest BCUT2D eigenvalue weighted by Gasteiger charge is 2.15. The molecule has 1 atom stereocenters. The van der Waals surface area contributed by atoms with Crippen LogP contribution >= 0.6 is 0 Å². The minimum atomic E-state index is -0.0759. The number of rotatable bonds is 4. The molecule has 1 saturated heterocycles.